The number of ether oxygens (including phenoxy) is 1. The number of anilines is 1. The number of aliphatic hydroxyl groups excluding tert-OH is 1. The van der Waals surface area contributed by atoms with Gasteiger partial charge in [0.1, 0.15) is 11.6 Å². The molecular weight excluding hydrogens is 406 g/mol. The van der Waals surface area contributed by atoms with E-state index in [0.29, 0.717) is 42.9 Å². The average Bonchev–Trinajstić information content (AvgIpc) is 3.24. The number of hydrogen-bond acceptors (Lipinski definition) is 7. The van der Waals surface area contributed by atoms with E-state index in [4.69, 9.17) is 27.2 Å². The van der Waals surface area contributed by atoms with Gasteiger partial charge in [-0.2, -0.15) is 5.26 Å². The van der Waals surface area contributed by atoms with Crippen LogP contribution < -0.4 is 5.73 Å². The molecule has 158 valence electrons. The van der Waals surface area contributed by atoms with E-state index in [9.17, 15) is 14.0 Å². The molecule has 0 amide bonds. The summed E-state index contributed by atoms with van der Waals surface area (Å²) in [6.07, 6.45) is 1.49. The Labute approximate surface area is 171 Å². The summed E-state index contributed by atoms with van der Waals surface area (Å²) >= 11 is 6.22. The minimum Gasteiger partial charge on any atom is -0.391 e. The molecule has 0 spiro atoms. The standard InChI is InChI=1S/C13H13ClF2N6.C5H10O2/c14-11-8(3-17)12(22-9(11)4-19-13(18)20-22)7-1-2-21(5-7)6-10(15)16;6-5-2-1-3-7-4-5/h4,7,10H,1-2,5-6H2,(H2,18,20);5-6H,1-4H2. The molecule has 0 aromatic carbocycles. The molecular formula is C18H23ClF2N6O2. The largest absolute Gasteiger partial charge is 0.391 e. The molecule has 2 saturated heterocycles. The highest BCUT2D eigenvalue weighted by Crippen LogP contribution is 2.36. The summed E-state index contributed by atoms with van der Waals surface area (Å²) < 4.78 is 31.5. The van der Waals surface area contributed by atoms with Crippen molar-refractivity contribution in [2.75, 3.05) is 38.6 Å². The van der Waals surface area contributed by atoms with E-state index in [-0.39, 0.29) is 29.5 Å². The maximum Gasteiger partial charge on any atom is 0.251 e. The van der Waals surface area contributed by atoms with Gasteiger partial charge in [0.05, 0.1) is 41.7 Å². The Morgan fingerprint density at radius 2 is 2.24 bits per heavy atom. The fourth-order valence-electron chi connectivity index (χ4n) is 3.67. The van der Waals surface area contributed by atoms with Crippen LogP contribution >= 0.6 is 11.6 Å². The highest BCUT2D eigenvalue weighted by Gasteiger charge is 2.32. The minimum atomic E-state index is -2.38. The molecule has 2 unspecified atom stereocenters. The van der Waals surface area contributed by atoms with Crippen molar-refractivity contribution in [1.82, 2.24) is 19.5 Å². The predicted molar refractivity (Wildman–Crippen MR) is 103 cm³/mol. The van der Waals surface area contributed by atoms with E-state index in [2.05, 4.69) is 16.2 Å². The van der Waals surface area contributed by atoms with E-state index in [0.717, 1.165) is 19.4 Å². The van der Waals surface area contributed by atoms with Gasteiger partial charge >= 0.3 is 0 Å². The zero-order chi connectivity index (χ0) is 21.0. The summed E-state index contributed by atoms with van der Waals surface area (Å²) in [6.45, 7) is 2.08. The Morgan fingerprint density at radius 3 is 2.83 bits per heavy atom. The quantitative estimate of drug-likeness (QED) is 0.769. The number of nitrogens with zero attached hydrogens (tertiary/aromatic N) is 5. The van der Waals surface area contributed by atoms with Crippen LogP contribution in [0.15, 0.2) is 6.20 Å². The Morgan fingerprint density at radius 1 is 1.45 bits per heavy atom. The van der Waals surface area contributed by atoms with Gasteiger partial charge in [0.15, 0.2) is 0 Å². The van der Waals surface area contributed by atoms with Gasteiger partial charge in [-0.3, -0.25) is 4.90 Å². The number of halogens is 3. The van der Waals surface area contributed by atoms with E-state index in [1.807, 2.05) is 0 Å². The second-order valence-corrected chi connectivity index (χ2v) is 7.48. The lowest BCUT2D eigenvalue weighted by Gasteiger charge is -2.15. The summed E-state index contributed by atoms with van der Waals surface area (Å²) in [4.78, 5) is 5.56. The smallest absolute Gasteiger partial charge is 0.251 e. The summed E-state index contributed by atoms with van der Waals surface area (Å²) in [7, 11) is 0. The van der Waals surface area contributed by atoms with Gasteiger partial charge in [0, 0.05) is 19.1 Å². The number of nitrogen functional groups attached to an aromatic ring is 1. The van der Waals surface area contributed by atoms with Crippen LogP contribution in [0.1, 0.15) is 36.4 Å². The van der Waals surface area contributed by atoms with Crippen molar-refractivity contribution in [3.05, 3.63) is 22.5 Å². The predicted octanol–water partition coefficient (Wildman–Crippen LogP) is 2.05. The van der Waals surface area contributed by atoms with Crippen LogP contribution in [0.25, 0.3) is 5.52 Å². The molecule has 0 bridgehead atoms. The molecule has 2 aromatic heterocycles. The molecule has 2 aliphatic heterocycles. The second kappa shape index (κ2) is 9.63. The fourth-order valence-corrected chi connectivity index (χ4v) is 3.94. The van der Waals surface area contributed by atoms with Crippen molar-refractivity contribution >= 4 is 23.1 Å². The molecule has 0 aliphatic carbocycles. The van der Waals surface area contributed by atoms with Gasteiger partial charge in [-0.05, 0) is 25.8 Å². The second-order valence-electron chi connectivity index (χ2n) is 7.11. The van der Waals surface area contributed by atoms with Crippen molar-refractivity contribution < 1.29 is 18.6 Å². The van der Waals surface area contributed by atoms with Gasteiger partial charge in [-0.15, -0.1) is 5.10 Å². The number of aliphatic hydroxyl groups is 1. The molecule has 8 nitrogen and oxygen atoms in total. The normalized spacial score (nSPS) is 22.5. The third-order valence-electron chi connectivity index (χ3n) is 4.98. The number of aromatic nitrogens is 3. The van der Waals surface area contributed by atoms with Crippen molar-refractivity contribution in [1.29, 1.82) is 5.26 Å². The van der Waals surface area contributed by atoms with E-state index >= 15 is 0 Å². The first kappa shape index (κ1) is 21.6. The van der Waals surface area contributed by atoms with Gasteiger partial charge in [-0.25, -0.2) is 18.3 Å². The van der Waals surface area contributed by atoms with Crippen molar-refractivity contribution in [2.45, 2.75) is 37.7 Å². The molecule has 2 fully saturated rings. The van der Waals surface area contributed by atoms with Gasteiger partial charge in [0.2, 0.25) is 5.95 Å². The first-order valence-corrected chi connectivity index (χ1v) is 9.77. The fraction of sp³-hybridized carbons (Fsp3) is 0.611. The number of nitriles is 1. The lowest BCUT2D eigenvalue weighted by Crippen LogP contribution is -2.26. The van der Waals surface area contributed by atoms with E-state index in [1.54, 1.807) is 4.90 Å². The lowest BCUT2D eigenvalue weighted by molar-refractivity contribution is -0.00535. The molecule has 4 rings (SSSR count). The molecule has 2 aromatic rings. The molecule has 2 atom stereocenters. The zero-order valence-corrected chi connectivity index (χ0v) is 16.5. The number of likely N-dealkylation sites (tertiary alicyclic amines) is 1. The first-order chi connectivity index (χ1) is 13.9. The minimum absolute atomic E-state index is 0.0624. The molecule has 11 heteroatoms. The third-order valence-corrected chi connectivity index (χ3v) is 5.36. The molecule has 0 saturated carbocycles. The van der Waals surface area contributed by atoms with Crippen LogP contribution in [0.5, 0.6) is 0 Å². The molecule has 29 heavy (non-hydrogen) atoms. The number of rotatable bonds is 3. The Bertz CT molecular complexity index is 881. The average molecular weight is 429 g/mol. The number of hydrogen-bond donors (Lipinski definition) is 2. The molecule has 2 aliphatic rings. The van der Waals surface area contributed by atoms with E-state index in [1.165, 1.54) is 10.7 Å². The summed E-state index contributed by atoms with van der Waals surface area (Å²) in [5, 5.41) is 22.5. The van der Waals surface area contributed by atoms with Crippen LogP contribution in [-0.2, 0) is 4.74 Å². The maximum absolute atomic E-state index is 12.5. The van der Waals surface area contributed by atoms with Gasteiger partial charge < -0.3 is 15.6 Å². The summed E-state index contributed by atoms with van der Waals surface area (Å²) in [6, 6.07) is 2.08. The van der Waals surface area contributed by atoms with Crippen LogP contribution in [-0.4, -0.2) is 70.0 Å². The van der Waals surface area contributed by atoms with Crippen LogP contribution in [0.2, 0.25) is 5.02 Å². The van der Waals surface area contributed by atoms with E-state index < -0.39 is 6.43 Å². The summed E-state index contributed by atoms with van der Waals surface area (Å²) in [5.41, 5.74) is 7.03. The monoisotopic (exact) mass is 428 g/mol. The zero-order valence-electron chi connectivity index (χ0n) is 15.8. The SMILES string of the molecule is N#Cc1c(Cl)c2cnc(N)nn2c1C1CCN(CC(F)F)C1.OC1CCCOC1. The van der Waals surface area contributed by atoms with Gasteiger partial charge in [0.25, 0.3) is 6.43 Å². The molecule has 0 radical (unpaired) electrons. The third kappa shape index (κ3) is 5.11. The van der Waals surface area contributed by atoms with Crippen LogP contribution in [0.4, 0.5) is 14.7 Å². The highest BCUT2D eigenvalue weighted by molar-refractivity contribution is 6.35. The number of nitrogens with two attached hydrogens (primary N) is 1. The number of fused-ring (bicyclic) bond motifs is 1. The van der Waals surface area contributed by atoms with Gasteiger partial charge in [-0.1, -0.05) is 11.6 Å². The topological polar surface area (TPSA) is 113 Å². The highest BCUT2D eigenvalue weighted by atomic mass is 35.5. The van der Waals surface area contributed by atoms with Crippen molar-refractivity contribution in [2.24, 2.45) is 0 Å². The summed E-state index contributed by atoms with van der Waals surface area (Å²) in [5.74, 6) is -0.0324. The Kier molecular flexibility index (Phi) is 7.18. The van der Waals surface area contributed by atoms with Crippen LogP contribution in [0, 0.1) is 11.3 Å². The Hall–Kier alpha value is -2.06. The maximum atomic E-state index is 12.5. The van der Waals surface area contributed by atoms with Crippen LogP contribution in [0.3, 0.4) is 0 Å². The molecule has 3 N–H and O–H groups in total. The Balaban J connectivity index is 0.000000290. The number of alkyl halides is 2. The lowest BCUT2D eigenvalue weighted by atomic mass is 10.0. The van der Waals surface area contributed by atoms with Crippen molar-refractivity contribution in [3.8, 4) is 6.07 Å². The van der Waals surface area contributed by atoms with Crippen molar-refractivity contribution in [3.63, 3.8) is 0 Å². The molecule has 4 heterocycles. The first-order valence-electron chi connectivity index (χ1n) is 9.39.